The molecule has 1 unspecified atom stereocenters. The van der Waals surface area contributed by atoms with E-state index in [0.29, 0.717) is 24.3 Å². The number of carbonyl (C=O) groups is 1. The van der Waals surface area contributed by atoms with Crippen molar-refractivity contribution >= 4 is 21.6 Å². The highest BCUT2D eigenvalue weighted by Crippen LogP contribution is 2.58. The third-order valence-corrected chi connectivity index (χ3v) is 8.08. The van der Waals surface area contributed by atoms with Gasteiger partial charge in [0.1, 0.15) is 0 Å². The minimum absolute atomic E-state index is 0.0157. The van der Waals surface area contributed by atoms with E-state index in [1.165, 1.54) is 4.31 Å². The van der Waals surface area contributed by atoms with Gasteiger partial charge in [-0.2, -0.15) is 4.31 Å². The zero-order valence-corrected chi connectivity index (χ0v) is 16.7. The Bertz CT molecular complexity index is 781. The molecule has 26 heavy (non-hydrogen) atoms. The fraction of sp³-hybridized carbons (Fsp3) is 0.632. The molecule has 2 aliphatic rings. The van der Waals surface area contributed by atoms with Crippen LogP contribution in [0.2, 0.25) is 0 Å². The van der Waals surface area contributed by atoms with Gasteiger partial charge in [0.2, 0.25) is 15.9 Å². The summed E-state index contributed by atoms with van der Waals surface area (Å²) in [7, 11) is -3.55. The molecule has 144 valence electrons. The fourth-order valence-corrected chi connectivity index (χ4v) is 5.79. The molecule has 1 aliphatic heterocycles. The van der Waals surface area contributed by atoms with Gasteiger partial charge in [-0.1, -0.05) is 19.9 Å². The van der Waals surface area contributed by atoms with Gasteiger partial charge in [-0.3, -0.25) is 4.79 Å². The van der Waals surface area contributed by atoms with E-state index in [-0.39, 0.29) is 22.1 Å². The number of rotatable bonds is 6. The van der Waals surface area contributed by atoms with Crippen LogP contribution in [0.3, 0.4) is 0 Å². The molecule has 1 saturated carbocycles. The van der Waals surface area contributed by atoms with Crippen molar-refractivity contribution in [1.29, 1.82) is 0 Å². The molecule has 1 heterocycles. The topological polar surface area (TPSA) is 78.5 Å². The van der Waals surface area contributed by atoms with Crippen LogP contribution in [0.1, 0.15) is 38.7 Å². The molecule has 2 N–H and O–H groups in total. The smallest absolute Gasteiger partial charge is 0.243 e. The molecule has 0 aromatic heterocycles. The van der Waals surface area contributed by atoms with Crippen LogP contribution in [0.25, 0.3) is 0 Å². The lowest BCUT2D eigenvalue weighted by atomic mass is 9.92. The minimum atomic E-state index is -3.55. The van der Waals surface area contributed by atoms with Crippen molar-refractivity contribution in [3.05, 3.63) is 23.8 Å². The zero-order chi connectivity index (χ0) is 18.9. The standard InChI is InChI=1S/C19H29N3O3S/c1-4-22(5-2)26(24,25)17-12-15(7-6-14(17)3)21-18(23)16-13-19(16)8-10-20-11-9-19/h6-7,12,16,20H,4-5,8-11,13H2,1-3H3,(H,21,23). The van der Waals surface area contributed by atoms with Crippen molar-refractivity contribution in [1.82, 2.24) is 9.62 Å². The Balaban J connectivity index is 1.77. The largest absolute Gasteiger partial charge is 0.326 e. The number of amides is 1. The first-order chi connectivity index (χ1) is 12.3. The third kappa shape index (κ3) is 3.52. The molecular formula is C19H29N3O3S. The van der Waals surface area contributed by atoms with E-state index in [0.717, 1.165) is 32.4 Å². The molecule has 1 aliphatic carbocycles. The van der Waals surface area contributed by atoms with Crippen molar-refractivity contribution < 1.29 is 13.2 Å². The SMILES string of the molecule is CCN(CC)S(=O)(=O)c1cc(NC(=O)C2CC23CCNCC3)ccc1C. The monoisotopic (exact) mass is 379 g/mol. The summed E-state index contributed by atoms with van der Waals surface area (Å²) in [4.78, 5) is 12.9. The lowest BCUT2D eigenvalue weighted by Crippen LogP contribution is -2.32. The van der Waals surface area contributed by atoms with Gasteiger partial charge in [-0.05, 0) is 62.4 Å². The molecule has 0 bridgehead atoms. The van der Waals surface area contributed by atoms with Gasteiger partial charge < -0.3 is 10.6 Å². The summed E-state index contributed by atoms with van der Waals surface area (Å²) in [6, 6.07) is 5.14. The van der Waals surface area contributed by atoms with Gasteiger partial charge >= 0.3 is 0 Å². The molecule has 1 aromatic carbocycles. The third-order valence-electron chi connectivity index (χ3n) is 5.88. The zero-order valence-electron chi connectivity index (χ0n) is 15.8. The molecule has 6 nitrogen and oxygen atoms in total. The van der Waals surface area contributed by atoms with Crippen LogP contribution in [-0.2, 0) is 14.8 Å². The summed E-state index contributed by atoms with van der Waals surface area (Å²) in [5.41, 5.74) is 1.41. The molecule has 7 heteroatoms. The van der Waals surface area contributed by atoms with E-state index in [2.05, 4.69) is 10.6 Å². The lowest BCUT2D eigenvalue weighted by Gasteiger charge is -2.23. The van der Waals surface area contributed by atoms with Crippen LogP contribution in [0.15, 0.2) is 23.1 Å². The number of piperidine rings is 1. The summed E-state index contributed by atoms with van der Waals surface area (Å²) in [6.45, 7) is 8.23. The fourth-order valence-electron chi connectivity index (χ4n) is 4.08. The van der Waals surface area contributed by atoms with Crippen LogP contribution in [-0.4, -0.2) is 44.8 Å². The Morgan fingerprint density at radius 3 is 2.54 bits per heavy atom. The molecule has 0 radical (unpaired) electrons. The number of anilines is 1. The van der Waals surface area contributed by atoms with E-state index in [4.69, 9.17) is 0 Å². The van der Waals surface area contributed by atoms with Crippen molar-refractivity contribution in [3.63, 3.8) is 0 Å². The summed E-state index contributed by atoms with van der Waals surface area (Å²) in [5, 5.41) is 6.29. The Morgan fingerprint density at radius 1 is 1.27 bits per heavy atom. The summed E-state index contributed by atoms with van der Waals surface area (Å²) in [5.74, 6) is 0.0654. The second-order valence-corrected chi connectivity index (χ2v) is 9.33. The predicted octanol–water partition coefficient (Wildman–Crippen LogP) is 2.35. The number of sulfonamides is 1. The number of nitrogens with one attached hydrogen (secondary N) is 2. The molecule has 3 rings (SSSR count). The predicted molar refractivity (Wildman–Crippen MR) is 103 cm³/mol. The number of carbonyl (C=O) groups excluding carboxylic acids is 1. The van der Waals surface area contributed by atoms with Crippen LogP contribution >= 0.6 is 0 Å². The maximum absolute atomic E-state index is 12.8. The van der Waals surface area contributed by atoms with Crippen molar-refractivity contribution in [2.45, 2.75) is 44.9 Å². The molecular weight excluding hydrogens is 350 g/mol. The molecule has 1 aromatic rings. The quantitative estimate of drug-likeness (QED) is 0.795. The van der Waals surface area contributed by atoms with Crippen LogP contribution in [0.4, 0.5) is 5.69 Å². The van der Waals surface area contributed by atoms with E-state index < -0.39 is 10.0 Å². The number of hydrogen-bond acceptors (Lipinski definition) is 4. The van der Waals surface area contributed by atoms with E-state index in [9.17, 15) is 13.2 Å². The first-order valence-corrected chi connectivity index (χ1v) is 10.9. The van der Waals surface area contributed by atoms with Gasteiger partial charge in [0.25, 0.3) is 0 Å². The number of benzene rings is 1. The van der Waals surface area contributed by atoms with Crippen LogP contribution < -0.4 is 10.6 Å². The van der Waals surface area contributed by atoms with Gasteiger partial charge in [0.15, 0.2) is 0 Å². The molecule has 1 saturated heterocycles. The minimum Gasteiger partial charge on any atom is -0.326 e. The Labute approximate surface area is 156 Å². The first kappa shape index (κ1) is 19.3. The van der Waals surface area contributed by atoms with Crippen molar-refractivity contribution in [2.75, 3.05) is 31.5 Å². The normalized spacial score (nSPS) is 21.8. The van der Waals surface area contributed by atoms with E-state index in [1.807, 2.05) is 13.8 Å². The summed E-state index contributed by atoms with van der Waals surface area (Å²) < 4.78 is 27.1. The number of aryl methyl sites for hydroxylation is 1. The van der Waals surface area contributed by atoms with Crippen LogP contribution in [0, 0.1) is 18.3 Å². The lowest BCUT2D eigenvalue weighted by molar-refractivity contribution is -0.118. The highest BCUT2D eigenvalue weighted by atomic mass is 32.2. The van der Waals surface area contributed by atoms with E-state index >= 15 is 0 Å². The highest BCUT2D eigenvalue weighted by Gasteiger charge is 2.57. The van der Waals surface area contributed by atoms with Gasteiger partial charge in [0, 0.05) is 24.7 Å². The van der Waals surface area contributed by atoms with Gasteiger partial charge in [-0.15, -0.1) is 0 Å². The van der Waals surface area contributed by atoms with Gasteiger partial charge in [-0.25, -0.2) is 8.42 Å². The summed E-state index contributed by atoms with van der Waals surface area (Å²) in [6.07, 6.45) is 3.03. The molecule has 1 amide bonds. The molecule has 1 spiro atoms. The molecule has 2 fully saturated rings. The Hall–Kier alpha value is -1.44. The van der Waals surface area contributed by atoms with Crippen molar-refractivity contribution in [2.24, 2.45) is 11.3 Å². The Kier molecular flexibility index (Phi) is 5.42. The second kappa shape index (κ2) is 7.29. The number of nitrogens with zero attached hydrogens (tertiary/aromatic N) is 1. The van der Waals surface area contributed by atoms with Crippen LogP contribution in [0.5, 0.6) is 0 Å². The first-order valence-electron chi connectivity index (χ1n) is 9.46. The maximum Gasteiger partial charge on any atom is 0.243 e. The summed E-state index contributed by atoms with van der Waals surface area (Å²) >= 11 is 0. The average molecular weight is 380 g/mol. The molecule has 1 atom stereocenters. The Morgan fingerprint density at radius 2 is 1.92 bits per heavy atom. The van der Waals surface area contributed by atoms with E-state index in [1.54, 1.807) is 25.1 Å². The number of hydrogen-bond donors (Lipinski definition) is 2. The maximum atomic E-state index is 12.8. The van der Waals surface area contributed by atoms with Gasteiger partial charge in [0.05, 0.1) is 4.90 Å². The average Bonchev–Trinajstić information content (AvgIpc) is 3.31. The highest BCUT2D eigenvalue weighted by molar-refractivity contribution is 7.89. The second-order valence-electron chi connectivity index (χ2n) is 7.43. The van der Waals surface area contributed by atoms with Crippen molar-refractivity contribution in [3.8, 4) is 0 Å².